The molecule has 0 atom stereocenters. The molecule has 2 heterocycles. The van der Waals surface area contributed by atoms with E-state index >= 15 is 0 Å². The van der Waals surface area contributed by atoms with Gasteiger partial charge in [0.2, 0.25) is 0 Å². The second-order valence-electron chi connectivity index (χ2n) is 5.04. The summed E-state index contributed by atoms with van der Waals surface area (Å²) in [5.41, 5.74) is 2.36. The zero-order valence-corrected chi connectivity index (χ0v) is 10.4. The predicted molar refractivity (Wildman–Crippen MR) is 67.5 cm³/mol. The lowest BCUT2D eigenvalue weighted by Gasteiger charge is -2.29. The van der Waals surface area contributed by atoms with Crippen LogP contribution < -0.4 is 0 Å². The Kier molecular flexibility index (Phi) is 3.94. The Morgan fingerprint density at radius 1 is 1.31 bits per heavy atom. The Morgan fingerprint density at radius 2 is 2.06 bits per heavy atom. The van der Waals surface area contributed by atoms with E-state index in [2.05, 4.69) is 41.9 Å². The van der Waals surface area contributed by atoms with Crippen LogP contribution in [0, 0.1) is 12.8 Å². The standard InChI is InChI=1S/C14H22N2/c1-12-6-9-16(10-7-12)11-8-14-5-3-4-13(2)15-14/h3-5,12H,6-11H2,1-2H3. The van der Waals surface area contributed by atoms with Crippen LogP contribution in [0.1, 0.15) is 31.2 Å². The average Bonchev–Trinajstić information content (AvgIpc) is 2.28. The summed E-state index contributed by atoms with van der Waals surface area (Å²) >= 11 is 0. The van der Waals surface area contributed by atoms with Crippen LogP contribution in [-0.2, 0) is 6.42 Å². The second kappa shape index (κ2) is 5.44. The van der Waals surface area contributed by atoms with Gasteiger partial charge in [-0.2, -0.15) is 0 Å². The van der Waals surface area contributed by atoms with Crippen molar-refractivity contribution in [3.63, 3.8) is 0 Å². The van der Waals surface area contributed by atoms with Crippen LogP contribution in [0.3, 0.4) is 0 Å². The largest absolute Gasteiger partial charge is 0.303 e. The van der Waals surface area contributed by atoms with Crippen LogP contribution in [0.25, 0.3) is 0 Å². The molecule has 0 unspecified atom stereocenters. The van der Waals surface area contributed by atoms with E-state index in [1.54, 1.807) is 0 Å². The Morgan fingerprint density at radius 3 is 2.75 bits per heavy atom. The summed E-state index contributed by atoms with van der Waals surface area (Å²) in [5.74, 6) is 0.924. The van der Waals surface area contributed by atoms with Crippen molar-refractivity contribution in [3.05, 3.63) is 29.6 Å². The SMILES string of the molecule is Cc1cccc(CCN2CCC(C)CC2)n1. The maximum atomic E-state index is 4.55. The molecule has 0 spiro atoms. The van der Waals surface area contributed by atoms with Gasteiger partial charge in [-0.05, 0) is 50.9 Å². The number of piperidine rings is 1. The number of hydrogen-bond donors (Lipinski definition) is 0. The molecule has 1 aromatic heterocycles. The van der Waals surface area contributed by atoms with Crippen molar-refractivity contribution in [2.75, 3.05) is 19.6 Å². The topological polar surface area (TPSA) is 16.1 Å². The fraction of sp³-hybridized carbons (Fsp3) is 0.643. The Balaban J connectivity index is 1.79. The average molecular weight is 218 g/mol. The lowest BCUT2D eigenvalue weighted by molar-refractivity contribution is 0.194. The van der Waals surface area contributed by atoms with Crippen molar-refractivity contribution >= 4 is 0 Å². The van der Waals surface area contributed by atoms with E-state index in [4.69, 9.17) is 0 Å². The summed E-state index contributed by atoms with van der Waals surface area (Å²) in [4.78, 5) is 7.12. The molecule has 0 aromatic carbocycles. The van der Waals surface area contributed by atoms with Crippen molar-refractivity contribution < 1.29 is 0 Å². The van der Waals surface area contributed by atoms with E-state index < -0.39 is 0 Å². The number of aromatic nitrogens is 1. The molecule has 2 rings (SSSR count). The fourth-order valence-electron chi connectivity index (χ4n) is 2.30. The quantitative estimate of drug-likeness (QED) is 0.775. The first-order valence-electron chi connectivity index (χ1n) is 6.39. The smallest absolute Gasteiger partial charge is 0.0419 e. The summed E-state index contributed by atoms with van der Waals surface area (Å²) in [5, 5.41) is 0. The molecule has 2 heteroatoms. The van der Waals surface area contributed by atoms with Gasteiger partial charge in [0.15, 0.2) is 0 Å². The molecule has 1 fully saturated rings. The molecule has 88 valence electrons. The number of pyridine rings is 1. The third kappa shape index (κ3) is 3.31. The van der Waals surface area contributed by atoms with E-state index in [1.807, 2.05) is 0 Å². The van der Waals surface area contributed by atoms with Crippen LogP contribution in [0.2, 0.25) is 0 Å². The minimum atomic E-state index is 0.924. The highest BCUT2D eigenvalue weighted by Gasteiger charge is 2.15. The summed E-state index contributed by atoms with van der Waals surface area (Å²) in [6, 6.07) is 6.31. The molecule has 0 saturated carbocycles. The van der Waals surface area contributed by atoms with Crippen molar-refractivity contribution in [2.45, 2.75) is 33.1 Å². The highest BCUT2D eigenvalue weighted by molar-refractivity contribution is 5.10. The number of likely N-dealkylation sites (tertiary alicyclic amines) is 1. The van der Waals surface area contributed by atoms with E-state index in [1.165, 1.54) is 38.2 Å². The Hall–Kier alpha value is -0.890. The molecule has 1 aliphatic rings. The molecule has 1 saturated heterocycles. The first kappa shape index (κ1) is 11.6. The first-order valence-corrected chi connectivity index (χ1v) is 6.39. The van der Waals surface area contributed by atoms with Gasteiger partial charge in [0, 0.05) is 24.4 Å². The summed E-state index contributed by atoms with van der Waals surface area (Å²) < 4.78 is 0. The van der Waals surface area contributed by atoms with E-state index in [-0.39, 0.29) is 0 Å². The van der Waals surface area contributed by atoms with Crippen molar-refractivity contribution in [1.82, 2.24) is 9.88 Å². The van der Waals surface area contributed by atoms with Crippen LogP contribution in [0.5, 0.6) is 0 Å². The van der Waals surface area contributed by atoms with Gasteiger partial charge in [-0.1, -0.05) is 13.0 Å². The second-order valence-corrected chi connectivity index (χ2v) is 5.04. The zero-order valence-electron chi connectivity index (χ0n) is 10.4. The van der Waals surface area contributed by atoms with E-state index in [0.717, 1.165) is 18.0 Å². The van der Waals surface area contributed by atoms with E-state index in [9.17, 15) is 0 Å². The number of nitrogens with zero attached hydrogens (tertiary/aromatic N) is 2. The van der Waals surface area contributed by atoms with Crippen molar-refractivity contribution in [2.24, 2.45) is 5.92 Å². The van der Waals surface area contributed by atoms with Gasteiger partial charge in [0.25, 0.3) is 0 Å². The lowest BCUT2D eigenvalue weighted by atomic mass is 9.99. The maximum absolute atomic E-state index is 4.55. The van der Waals surface area contributed by atoms with Crippen LogP contribution in [0.4, 0.5) is 0 Å². The molecule has 1 aliphatic heterocycles. The van der Waals surface area contributed by atoms with Gasteiger partial charge in [0.1, 0.15) is 0 Å². The molecule has 0 amide bonds. The van der Waals surface area contributed by atoms with Gasteiger partial charge >= 0.3 is 0 Å². The normalized spacial score (nSPS) is 18.9. The number of rotatable bonds is 3. The maximum Gasteiger partial charge on any atom is 0.0419 e. The van der Waals surface area contributed by atoms with Gasteiger partial charge in [-0.25, -0.2) is 0 Å². The first-order chi connectivity index (χ1) is 7.74. The Bertz CT molecular complexity index is 327. The van der Waals surface area contributed by atoms with Gasteiger partial charge < -0.3 is 4.90 Å². The monoisotopic (exact) mass is 218 g/mol. The third-order valence-corrected chi connectivity index (χ3v) is 3.51. The number of hydrogen-bond acceptors (Lipinski definition) is 2. The summed E-state index contributed by atoms with van der Waals surface area (Å²) in [6.45, 7) is 8.13. The molecule has 0 aliphatic carbocycles. The fourth-order valence-corrected chi connectivity index (χ4v) is 2.30. The molecule has 1 aromatic rings. The summed E-state index contributed by atoms with van der Waals surface area (Å²) in [7, 11) is 0. The van der Waals surface area contributed by atoms with Gasteiger partial charge in [-0.15, -0.1) is 0 Å². The minimum absolute atomic E-state index is 0.924. The summed E-state index contributed by atoms with van der Waals surface area (Å²) in [6.07, 6.45) is 3.82. The Labute approximate surface area is 98.7 Å². The molecular formula is C14H22N2. The van der Waals surface area contributed by atoms with Gasteiger partial charge in [-0.3, -0.25) is 4.98 Å². The van der Waals surface area contributed by atoms with Crippen molar-refractivity contribution in [1.29, 1.82) is 0 Å². The molecule has 0 N–H and O–H groups in total. The van der Waals surface area contributed by atoms with Gasteiger partial charge in [0.05, 0.1) is 0 Å². The predicted octanol–water partition coefficient (Wildman–Crippen LogP) is 2.66. The van der Waals surface area contributed by atoms with Crippen LogP contribution in [-0.4, -0.2) is 29.5 Å². The van der Waals surface area contributed by atoms with Crippen LogP contribution >= 0.6 is 0 Å². The van der Waals surface area contributed by atoms with E-state index in [0.29, 0.717) is 0 Å². The van der Waals surface area contributed by atoms with Crippen molar-refractivity contribution in [3.8, 4) is 0 Å². The molecular weight excluding hydrogens is 196 g/mol. The highest BCUT2D eigenvalue weighted by atomic mass is 15.1. The molecule has 0 bridgehead atoms. The lowest BCUT2D eigenvalue weighted by Crippen LogP contribution is -2.34. The van der Waals surface area contributed by atoms with Crippen LogP contribution in [0.15, 0.2) is 18.2 Å². The molecule has 16 heavy (non-hydrogen) atoms. The molecule has 0 radical (unpaired) electrons. The third-order valence-electron chi connectivity index (χ3n) is 3.51. The highest BCUT2D eigenvalue weighted by Crippen LogP contribution is 2.16. The number of aryl methyl sites for hydroxylation is 1. The zero-order chi connectivity index (χ0) is 11.4. The minimum Gasteiger partial charge on any atom is -0.303 e. The molecule has 2 nitrogen and oxygen atoms in total.